The summed E-state index contributed by atoms with van der Waals surface area (Å²) in [7, 11) is 4.23. The van der Waals surface area contributed by atoms with E-state index < -0.39 is 6.10 Å². The molecular weight excluding hydrogens is 252 g/mol. The van der Waals surface area contributed by atoms with Crippen molar-refractivity contribution < 1.29 is 5.11 Å². The van der Waals surface area contributed by atoms with Gasteiger partial charge >= 0.3 is 0 Å². The fourth-order valence-corrected chi connectivity index (χ4v) is 2.37. The SMILES string of the molecule is C[C@H](O)c1ccc(N2CCN(CCN(C)C)CC2)nc1. The second kappa shape index (κ2) is 7.02. The number of anilines is 1. The van der Waals surface area contributed by atoms with Gasteiger partial charge in [0.2, 0.25) is 0 Å². The predicted molar refractivity (Wildman–Crippen MR) is 82.1 cm³/mol. The molecule has 0 spiro atoms. The van der Waals surface area contributed by atoms with Gasteiger partial charge in [0, 0.05) is 45.5 Å². The molecule has 0 saturated carbocycles. The van der Waals surface area contributed by atoms with Crippen LogP contribution in [0.1, 0.15) is 18.6 Å². The maximum absolute atomic E-state index is 9.50. The second-order valence-corrected chi connectivity index (χ2v) is 5.76. The summed E-state index contributed by atoms with van der Waals surface area (Å²) in [6.45, 7) is 8.24. The Kier molecular flexibility index (Phi) is 5.34. The van der Waals surface area contributed by atoms with Gasteiger partial charge < -0.3 is 14.9 Å². The number of aromatic nitrogens is 1. The molecule has 0 bridgehead atoms. The lowest BCUT2D eigenvalue weighted by Crippen LogP contribution is -2.48. The van der Waals surface area contributed by atoms with Crippen LogP contribution in [0.3, 0.4) is 0 Å². The van der Waals surface area contributed by atoms with Gasteiger partial charge in [0.1, 0.15) is 5.82 Å². The minimum absolute atomic E-state index is 0.445. The molecule has 1 aromatic heterocycles. The van der Waals surface area contributed by atoms with Crippen molar-refractivity contribution in [2.45, 2.75) is 13.0 Å². The molecule has 5 nitrogen and oxygen atoms in total. The van der Waals surface area contributed by atoms with Crippen molar-refractivity contribution in [1.29, 1.82) is 0 Å². The summed E-state index contributed by atoms with van der Waals surface area (Å²) >= 11 is 0. The largest absolute Gasteiger partial charge is 0.389 e. The normalized spacial score (nSPS) is 18.6. The zero-order chi connectivity index (χ0) is 14.5. The van der Waals surface area contributed by atoms with Crippen molar-refractivity contribution >= 4 is 5.82 Å². The van der Waals surface area contributed by atoms with E-state index in [2.05, 4.69) is 33.8 Å². The van der Waals surface area contributed by atoms with Gasteiger partial charge in [0.25, 0.3) is 0 Å². The van der Waals surface area contributed by atoms with Crippen molar-refractivity contribution in [3.63, 3.8) is 0 Å². The molecule has 112 valence electrons. The number of likely N-dealkylation sites (N-methyl/N-ethyl adjacent to an activating group) is 1. The third-order valence-corrected chi connectivity index (χ3v) is 3.81. The van der Waals surface area contributed by atoms with Gasteiger partial charge in [-0.15, -0.1) is 0 Å². The fraction of sp³-hybridized carbons (Fsp3) is 0.667. The molecule has 1 N–H and O–H groups in total. The summed E-state index contributed by atoms with van der Waals surface area (Å²) in [5.74, 6) is 1.02. The van der Waals surface area contributed by atoms with E-state index in [1.165, 1.54) is 0 Å². The first-order valence-electron chi connectivity index (χ1n) is 7.32. The summed E-state index contributed by atoms with van der Waals surface area (Å²) in [5.41, 5.74) is 0.873. The van der Waals surface area contributed by atoms with Gasteiger partial charge in [-0.1, -0.05) is 6.07 Å². The van der Waals surface area contributed by atoms with Gasteiger partial charge in [-0.05, 0) is 32.6 Å². The Morgan fingerprint density at radius 1 is 1.25 bits per heavy atom. The van der Waals surface area contributed by atoms with Crippen LogP contribution in [0.2, 0.25) is 0 Å². The number of aliphatic hydroxyl groups excluding tert-OH is 1. The highest BCUT2D eigenvalue weighted by molar-refractivity contribution is 5.40. The average molecular weight is 278 g/mol. The molecule has 20 heavy (non-hydrogen) atoms. The Morgan fingerprint density at radius 3 is 2.45 bits per heavy atom. The van der Waals surface area contributed by atoms with Crippen LogP contribution in [0.5, 0.6) is 0 Å². The molecule has 1 fully saturated rings. The van der Waals surface area contributed by atoms with Crippen LogP contribution in [0.4, 0.5) is 5.82 Å². The molecule has 0 aromatic carbocycles. The second-order valence-electron chi connectivity index (χ2n) is 5.76. The third kappa shape index (κ3) is 4.16. The summed E-state index contributed by atoms with van der Waals surface area (Å²) in [5, 5.41) is 9.50. The molecule has 0 amide bonds. The summed E-state index contributed by atoms with van der Waals surface area (Å²) in [6.07, 6.45) is 1.33. The molecule has 0 unspecified atom stereocenters. The zero-order valence-corrected chi connectivity index (χ0v) is 12.8. The van der Waals surface area contributed by atoms with E-state index >= 15 is 0 Å². The van der Waals surface area contributed by atoms with Crippen molar-refractivity contribution in [2.24, 2.45) is 0 Å². The van der Waals surface area contributed by atoms with Crippen molar-refractivity contribution in [1.82, 2.24) is 14.8 Å². The number of aliphatic hydroxyl groups is 1. The van der Waals surface area contributed by atoms with Gasteiger partial charge in [-0.2, -0.15) is 0 Å². The topological polar surface area (TPSA) is 42.8 Å². The number of rotatable bonds is 5. The predicted octanol–water partition coefficient (Wildman–Crippen LogP) is 0.818. The first kappa shape index (κ1) is 15.2. The highest BCUT2D eigenvalue weighted by atomic mass is 16.3. The van der Waals surface area contributed by atoms with E-state index in [1.807, 2.05) is 12.1 Å². The minimum Gasteiger partial charge on any atom is -0.389 e. The summed E-state index contributed by atoms with van der Waals surface area (Å²) in [6, 6.07) is 3.98. The van der Waals surface area contributed by atoms with Crippen LogP contribution >= 0.6 is 0 Å². The highest BCUT2D eigenvalue weighted by Gasteiger charge is 2.17. The Balaban J connectivity index is 1.84. The molecule has 1 aliphatic heterocycles. The van der Waals surface area contributed by atoms with E-state index in [9.17, 15) is 5.11 Å². The van der Waals surface area contributed by atoms with E-state index in [1.54, 1.807) is 13.1 Å². The first-order valence-corrected chi connectivity index (χ1v) is 7.32. The van der Waals surface area contributed by atoms with Gasteiger partial charge in [0.05, 0.1) is 6.10 Å². The molecule has 1 atom stereocenters. The first-order chi connectivity index (χ1) is 9.56. The Labute approximate surface area is 121 Å². The van der Waals surface area contributed by atoms with Crippen LogP contribution in [-0.4, -0.2) is 73.3 Å². The van der Waals surface area contributed by atoms with Crippen molar-refractivity contribution in [3.8, 4) is 0 Å². The molecule has 1 aromatic rings. The van der Waals surface area contributed by atoms with E-state index in [-0.39, 0.29) is 0 Å². The molecule has 2 rings (SSSR count). The Bertz CT molecular complexity index is 397. The molecule has 0 aliphatic carbocycles. The van der Waals surface area contributed by atoms with E-state index in [4.69, 9.17) is 0 Å². The molecule has 0 radical (unpaired) electrons. The lowest BCUT2D eigenvalue weighted by atomic mass is 10.2. The molecular formula is C15H26N4O. The number of nitrogens with zero attached hydrogens (tertiary/aromatic N) is 4. The number of hydrogen-bond donors (Lipinski definition) is 1. The summed E-state index contributed by atoms with van der Waals surface area (Å²) in [4.78, 5) is 11.5. The van der Waals surface area contributed by atoms with Crippen LogP contribution in [0.15, 0.2) is 18.3 Å². The maximum atomic E-state index is 9.50. The highest BCUT2D eigenvalue weighted by Crippen LogP contribution is 2.17. The van der Waals surface area contributed by atoms with Gasteiger partial charge in [-0.25, -0.2) is 4.98 Å². The Hall–Kier alpha value is -1.17. The zero-order valence-electron chi connectivity index (χ0n) is 12.8. The monoisotopic (exact) mass is 278 g/mol. The van der Waals surface area contributed by atoms with E-state index in [0.717, 1.165) is 50.6 Å². The number of hydrogen-bond acceptors (Lipinski definition) is 5. The average Bonchev–Trinajstić information content (AvgIpc) is 2.46. The third-order valence-electron chi connectivity index (χ3n) is 3.81. The van der Waals surface area contributed by atoms with Crippen molar-refractivity contribution in [2.75, 3.05) is 58.3 Å². The lowest BCUT2D eigenvalue weighted by molar-refractivity contribution is 0.199. The lowest BCUT2D eigenvalue weighted by Gasteiger charge is -2.35. The smallest absolute Gasteiger partial charge is 0.128 e. The van der Waals surface area contributed by atoms with E-state index in [0.29, 0.717) is 0 Å². The molecule has 5 heteroatoms. The number of pyridine rings is 1. The van der Waals surface area contributed by atoms with Gasteiger partial charge in [-0.3, -0.25) is 4.90 Å². The minimum atomic E-state index is -0.445. The molecule has 1 aliphatic rings. The Morgan fingerprint density at radius 2 is 1.95 bits per heavy atom. The summed E-state index contributed by atoms with van der Waals surface area (Å²) < 4.78 is 0. The molecule has 2 heterocycles. The molecule has 1 saturated heterocycles. The van der Waals surface area contributed by atoms with Gasteiger partial charge in [0.15, 0.2) is 0 Å². The van der Waals surface area contributed by atoms with Crippen molar-refractivity contribution in [3.05, 3.63) is 23.9 Å². The standard InChI is InChI=1S/C15H26N4O/c1-13(20)14-4-5-15(16-12-14)19-10-8-18(9-11-19)7-6-17(2)3/h4-5,12-13,20H,6-11H2,1-3H3/t13-/m0/s1. The van der Waals surface area contributed by atoms with Crippen LogP contribution in [-0.2, 0) is 0 Å². The number of piperazine rings is 1. The maximum Gasteiger partial charge on any atom is 0.128 e. The van der Waals surface area contributed by atoms with Crippen LogP contribution in [0, 0.1) is 0 Å². The van der Waals surface area contributed by atoms with Crippen LogP contribution in [0.25, 0.3) is 0 Å². The fourth-order valence-electron chi connectivity index (χ4n) is 2.37. The quantitative estimate of drug-likeness (QED) is 0.864. The van der Waals surface area contributed by atoms with Crippen LogP contribution < -0.4 is 4.90 Å².